The van der Waals surface area contributed by atoms with Gasteiger partial charge in [-0.2, -0.15) is 0 Å². The van der Waals surface area contributed by atoms with Gasteiger partial charge in [-0.3, -0.25) is 10.1 Å². The standard InChI is InChI=1S/C16H20N4O/c1-10-4-3-5-12(6-10)11(2)20-16(21)14-7-13-15(8-17-14)19-9-18-13/h3-6,9,11,14,17H,7-8H2,1-2H3,(H,18,19)(H,20,21)/t11-,14?/m0/s1. The second-order valence-corrected chi connectivity index (χ2v) is 5.61. The van der Waals surface area contributed by atoms with Crippen molar-refractivity contribution in [1.82, 2.24) is 20.6 Å². The molecule has 5 nitrogen and oxygen atoms in total. The third-order valence-electron chi connectivity index (χ3n) is 3.95. The minimum atomic E-state index is -0.215. The van der Waals surface area contributed by atoms with Gasteiger partial charge in [0.15, 0.2) is 0 Å². The molecule has 3 N–H and O–H groups in total. The Bertz CT molecular complexity index is 649. The summed E-state index contributed by atoms with van der Waals surface area (Å²) >= 11 is 0. The second kappa shape index (κ2) is 5.69. The molecule has 0 spiro atoms. The average Bonchev–Trinajstić information content (AvgIpc) is 2.94. The maximum atomic E-state index is 12.4. The summed E-state index contributed by atoms with van der Waals surface area (Å²) in [6, 6.07) is 8.00. The lowest BCUT2D eigenvalue weighted by Crippen LogP contribution is -2.48. The number of nitrogens with one attached hydrogen (secondary N) is 3. The number of nitrogens with zero attached hydrogens (tertiary/aromatic N) is 1. The molecule has 1 unspecified atom stereocenters. The van der Waals surface area contributed by atoms with Crippen molar-refractivity contribution in [2.75, 3.05) is 0 Å². The number of fused-ring (bicyclic) bond motifs is 1. The van der Waals surface area contributed by atoms with E-state index >= 15 is 0 Å². The van der Waals surface area contributed by atoms with E-state index < -0.39 is 0 Å². The minimum absolute atomic E-state index is 0.000203. The Hall–Kier alpha value is -2.14. The molecule has 0 radical (unpaired) electrons. The first-order chi connectivity index (χ1) is 10.1. The van der Waals surface area contributed by atoms with Crippen molar-refractivity contribution < 1.29 is 4.79 Å². The summed E-state index contributed by atoms with van der Waals surface area (Å²) in [6.45, 7) is 4.72. The van der Waals surface area contributed by atoms with Crippen LogP contribution in [0.2, 0.25) is 0 Å². The van der Waals surface area contributed by atoms with Gasteiger partial charge in [0.25, 0.3) is 0 Å². The van der Waals surface area contributed by atoms with Gasteiger partial charge in [0.05, 0.1) is 29.8 Å². The molecule has 0 fully saturated rings. The molecule has 1 aromatic carbocycles. The number of aromatic amines is 1. The van der Waals surface area contributed by atoms with Crippen LogP contribution in [0.1, 0.15) is 35.5 Å². The van der Waals surface area contributed by atoms with E-state index in [4.69, 9.17) is 0 Å². The fourth-order valence-corrected chi connectivity index (χ4v) is 2.69. The van der Waals surface area contributed by atoms with Gasteiger partial charge in [0.2, 0.25) is 5.91 Å². The van der Waals surface area contributed by atoms with Gasteiger partial charge in [-0.05, 0) is 19.4 Å². The first kappa shape index (κ1) is 13.8. The predicted molar refractivity (Wildman–Crippen MR) is 80.7 cm³/mol. The molecule has 1 amide bonds. The van der Waals surface area contributed by atoms with Crippen LogP contribution in [0.15, 0.2) is 30.6 Å². The van der Waals surface area contributed by atoms with Crippen LogP contribution in [0.3, 0.4) is 0 Å². The number of H-pyrrole nitrogens is 1. The summed E-state index contributed by atoms with van der Waals surface area (Å²) in [5.74, 6) is 0.0256. The lowest BCUT2D eigenvalue weighted by atomic mass is 10.0. The molecule has 2 aromatic rings. The Kier molecular flexibility index (Phi) is 3.75. The third-order valence-corrected chi connectivity index (χ3v) is 3.95. The van der Waals surface area contributed by atoms with Gasteiger partial charge in [0.1, 0.15) is 0 Å². The molecule has 0 aliphatic carbocycles. The van der Waals surface area contributed by atoms with E-state index in [1.807, 2.05) is 19.1 Å². The Morgan fingerprint density at radius 3 is 3.14 bits per heavy atom. The number of rotatable bonds is 3. The Morgan fingerprint density at radius 1 is 1.48 bits per heavy atom. The average molecular weight is 284 g/mol. The van der Waals surface area contributed by atoms with Gasteiger partial charge >= 0.3 is 0 Å². The zero-order valence-corrected chi connectivity index (χ0v) is 12.3. The molecule has 3 rings (SSSR count). The second-order valence-electron chi connectivity index (χ2n) is 5.61. The van der Waals surface area contributed by atoms with Crippen molar-refractivity contribution in [1.29, 1.82) is 0 Å². The summed E-state index contributed by atoms with van der Waals surface area (Å²) in [4.78, 5) is 19.7. The molecule has 110 valence electrons. The highest BCUT2D eigenvalue weighted by molar-refractivity contribution is 5.82. The van der Waals surface area contributed by atoms with E-state index in [-0.39, 0.29) is 18.0 Å². The lowest BCUT2D eigenvalue weighted by molar-refractivity contribution is -0.124. The topological polar surface area (TPSA) is 69.8 Å². The van der Waals surface area contributed by atoms with Crippen molar-refractivity contribution in [2.24, 2.45) is 0 Å². The largest absolute Gasteiger partial charge is 0.348 e. The molecular formula is C16H20N4O. The summed E-state index contributed by atoms with van der Waals surface area (Å²) in [5, 5.41) is 6.32. The van der Waals surface area contributed by atoms with E-state index in [9.17, 15) is 4.79 Å². The fourth-order valence-electron chi connectivity index (χ4n) is 2.69. The highest BCUT2D eigenvalue weighted by Gasteiger charge is 2.26. The fraction of sp³-hybridized carbons (Fsp3) is 0.375. The smallest absolute Gasteiger partial charge is 0.238 e. The van der Waals surface area contributed by atoms with Gasteiger partial charge in [-0.25, -0.2) is 4.98 Å². The lowest BCUT2D eigenvalue weighted by Gasteiger charge is -2.24. The number of amides is 1. The van der Waals surface area contributed by atoms with Crippen LogP contribution in [-0.2, 0) is 17.8 Å². The van der Waals surface area contributed by atoms with Gasteiger partial charge in [0, 0.05) is 13.0 Å². The molecule has 1 aromatic heterocycles. The van der Waals surface area contributed by atoms with E-state index in [1.165, 1.54) is 5.56 Å². The van der Waals surface area contributed by atoms with E-state index in [1.54, 1.807) is 6.33 Å². The molecule has 0 bridgehead atoms. The molecule has 0 saturated carbocycles. The van der Waals surface area contributed by atoms with Crippen LogP contribution in [-0.4, -0.2) is 21.9 Å². The molecule has 2 atom stereocenters. The Labute approximate surface area is 124 Å². The first-order valence-electron chi connectivity index (χ1n) is 7.25. The molecule has 0 saturated heterocycles. The molecule has 1 aliphatic rings. The Morgan fingerprint density at radius 2 is 2.33 bits per heavy atom. The summed E-state index contributed by atoms with van der Waals surface area (Å²) in [6.07, 6.45) is 2.31. The van der Waals surface area contributed by atoms with Crippen LogP contribution in [0.4, 0.5) is 0 Å². The van der Waals surface area contributed by atoms with Crippen LogP contribution in [0.5, 0.6) is 0 Å². The highest BCUT2D eigenvalue weighted by Crippen LogP contribution is 2.16. The van der Waals surface area contributed by atoms with Crippen LogP contribution in [0.25, 0.3) is 0 Å². The molecule has 2 heterocycles. The number of aromatic nitrogens is 2. The zero-order chi connectivity index (χ0) is 14.8. The van der Waals surface area contributed by atoms with Crippen LogP contribution >= 0.6 is 0 Å². The minimum Gasteiger partial charge on any atom is -0.348 e. The molecule has 21 heavy (non-hydrogen) atoms. The molecule has 5 heteroatoms. The molecular weight excluding hydrogens is 264 g/mol. The first-order valence-corrected chi connectivity index (χ1v) is 7.25. The van der Waals surface area contributed by atoms with E-state index in [0.29, 0.717) is 13.0 Å². The van der Waals surface area contributed by atoms with Crippen molar-refractivity contribution in [2.45, 2.75) is 38.9 Å². The van der Waals surface area contributed by atoms with Gasteiger partial charge in [-0.1, -0.05) is 29.8 Å². The summed E-state index contributed by atoms with van der Waals surface area (Å²) < 4.78 is 0. The monoisotopic (exact) mass is 284 g/mol. The van der Waals surface area contributed by atoms with Gasteiger partial charge in [-0.15, -0.1) is 0 Å². The highest BCUT2D eigenvalue weighted by atomic mass is 16.2. The number of aryl methyl sites for hydroxylation is 1. The summed E-state index contributed by atoms with van der Waals surface area (Å²) in [7, 11) is 0. The number of imidazole rings is 1. The van der Waals surface area contributed by atoms with Crippen LogP contribution < -0.4 is 10.6 Å². The third kappa shape index (κ3) is 2.97. The quantitative estimate of drug-likeness (QED) is 0.802. The SMILES string of the molecule is Cc1cccc([C@H](C)NC(=O)C2Cc3nc[nH]c3CN2)c1. The Balaban J connectivity index is 1.64. The maximum absolute atomic E-state index is 12.4. The number of hydrogen-bond donors (Lipinski definition) is 3. The summed E-state index contributed by atoms with van der Waals surface area (Å²) in [5.41, 5.74) is 4.38. The molecule has 1 aliphatic heterocycles. The maximum Gasteiger partial charge on any atom is 0.238 e. The van der Waals surface area contributed by atoms with Crippen LogP contribution in [0, 0.1) is 6.92 Å². The predicted octanol–water partition coefficient (Wildman–Crippen LogP) is 1.61. The van der Waals surface area contributed by atoms with Gasteiger partial charge < -0.3 is 10.3 Å². The van der Waals surface area contributed by atoms with E-state index in [2.05, 4.69) is 39.7 Å². The van der Waals surface area contributed by atoms with Crippen molar-refractivity contribution in [3.8, 4) is 0 Å². The number of carbonyl (C=O) groups excluding carboxylic acids is 1. The van der Waals surface area contributed by atoms with E-state index in [0.717, 1.165) is 17.0 Å². The normalized spacial score (nSPS) is 18.9. The number of carbonyl (C=O) groups is 1. The number of hydrogen-bond acceptors (Lipinski definition) is 3. The zero-order valence-electron chi connectivity index (χ0n) is 12.3. The van der Waals surface area contributed by atoms with Crippen molar-refractivity contribution >= 4 is 5.91 Å². The van der Waals surface area contributed by atoms with Crippen molar-refractivity contribution in [3.63, 3.8) is 0 Å². The number of benzene rings is 1. The van der Waals surface area contributed by atoms with Crippen molar-refractivity contribution in [3.05, 3.63) is 53.1 Å².